The summed E-state index contributed by atoms with van der Waals surface area (Å²) >= 11 is 0. The van der Waals surface area contributed by atoms with Crippen LogP contribution in [0.5, 0.6) is 0 Å². The molecule has 0 radical (unpaired) electrons. The average Bonchev–Trinajstić information content (AvgIpc) is 2.86. The Morgan fingerprint density at radius 2 is 1.63 bits per heavy atom. The predicted octanol–water partition coefficient (Wildman–Crippen LogP) is 8.76. The van der Waals surface area contributed by atoms with E-state index in [0.29, 0.717) is 6.42 Å². The number of hydrogen-bond acceptors (Lipinski definition) is 5. The average molecular weight is 567 g/mol. The molecule has 6 atom stereocenters. The van der Waals surface area contributed by atoms with Gasteiger partial charge in [-0.05, 0) is 90.8 Å². The van der Waals surface area contributed by atoms with E-state index in [1.165, 1.54) is 0 Å². The molecule has 0 bridgehead atoms. The van der Waals surface area contributed by atoms with E-state index in [4.69, 9.17) is 0 Å². The van der Waals surface area contributed by atoms with E-state index in [2.05, 4.69) is 67.5 Å². The lowest BCUT2D eigenvalue weighted by Crippen LogP contribution is -2.60. The number of carbonyl (C=O) groups is 2. The molecule has 0 saturated heterocycles. The minimum absolute atomic E-state index is 0.0317. The molecule has 0 aromatic carbocycles. The zero-order chi connectivity index (χ0) is 31.7. The van der Waals surface area contributed by atoms with Gasteiger partial charge in [0.05, 0.1) is 24.2 Å². The molecular weight excluding hydrogens is 508 g/mol. The molecule has 41 heavy (non-hydrogen) atoms. The van der Waals surface area contributed by atoms with Crippen molar-refractivity contribution < 1.29 is 14.7 Å². The standard InChI is InChI=1S/C36H58N2O3/c1-12-15-31(3,4)17-19-34(9,29(40)14-21-37)20-18-32(5,6)36(11)16-13-27-33(7,8)30(41)26(24-38)23-35(27,10)28(36)22-25(2)39/h23,27-29,40H,12-20,22H2,1-11H3/t27-,28+,29?,34-,35-,36+/m0/s1. The Hall–Kier alpha value is -1.98. The Morgan fingerprint density at radius 1 is 1.05 bits per heavy atom. The van der Waals surface area contributed by atoms with Crippen molar-refractivity contribution in [3.63, 3.8) is 0 Å². The summed E-state index contributed by atoms with van der Waals surface area (Å²) in [6.07, 6.45) is 9.26. The molecule has 5 heteroatoms. The number of fused-ring (bicyclic) bond motifs is 1. The molecule has 230 valence electrons. The molecule has 1 saturated carbocycles. The fraction of sp³-hybridized carbons (Fsp3) is 0.833. The van der Waals surface area contributed by atoms with Gasteiger partial charge >= 0.3 is 0 Å². The molecule has 0 heterocycles. The molecule has 5 nitrogen and oxygen atoms in total. The van der Waals surface area contributed by atoms with Gasteiger partial charge in [-0.3, -0.25) is 4.79 Å². The van der Waals surface area contributed by atoms with Crippen LogP contribution in [0.15, 0.2) is 11.6 Å². The van der Waals surface area contributed by atoms with Crippen molar-refractivity contribution in [2.75, 3.05) is 0 Å². The van der Waals surface area contributed by atoms with E-state index >= 15 is 0 Å². The van der Waals surface area contributed by atoms with Crippen molar-refractivity contribution in [3.8, 4) is 12.1 Å². The summed E-state index contributed by atoms with van der Waals surface area (Å²) in [5, 5.41) is 30.6. The number of nitriles is 2. The zero-order valence-corrected chi connectivity index (χ0v) is 28.0. The summed E-state index contributed by atoms with van der Waals surface area (Å²) in [7, 11) is 0. The lowest BCUT2D eigenvalue weighted by molar-refractivity contribution is -0.156. The topological polar surface area (TPSA) is 102 Å². The van der Waals surface area contributed by atoms with Gasteiger partial charge in [-0.15, -0.1) is 0 Å². The SMILES string of the molecule is CCCC(C)(C)CC[C@@](C)(CCC(C)(C)[C@]1(C)CC[C@H]2C(C)(C)C(=O)C(C#N)=C[C@]2(C)[C@H]1CC(C)=O)C(O)CC#N. The van der Waals surface area contributed by atoms with Gasteiger partial charge in [0.25, 0.3) is 0 Å². The van der Waals surface area contributed by atoms with Crippen LogP contribution in [0.1, 0.15) is 140 Å². The smallest absolute Gasteiger partial charge is 0.178 e. The van der Waals surface area contributed by atoms with Crippen LogP contribution < -0.4 is 0 Å². The Labute approximate surface area is 251 Å². The summed E-state index contributed by atoms with van der Waals surface area (Å²) in [6, 6.07) is 4.39. The van der Waals surface area contributed by atoms with Gasteiger partial charge < -0.3 is 9.90 Å². The quantitative estimate of drug-likeness (QED) is 0.240. The molecule has 0 amide bonds. The summed E-state index contributed by atoms with van der Waals surface area (Å²) in [5.74, 6) is 0.0696. The maximum absolute atomic E-state index is 13.3. The lowest BCUT2D eigenvalue weighted by Gasteiger charge is -2.64. The molecule has 2 aliphatic rings. The first-order valence-electron chi connectivity index (χ1n) is 15.9. The van der Waals surface area contributed by atoms with Gasteiger partial charge in [0.15, 0.2) is 5.78 Å². The molecule has 0 aromatic heterocycles. The van der Waals surface area contributed by atoms with Crippen LogP contribution in [0.25, 0.3) is 0 Å². The van der Waals surface area contributed by atoms with Gasteiger partial charge in [0.1, 0.15) is 11.9 Å². The Bertz CT molecular complexity index is 1100. The van der Waals surface area contributed by atoms with Crippen molar-refractivity contribution in [3.05, 3.63) is 11.6 Å². The molecule has 0 spiro atoms. The second-order valence-electron chi connectivity index (χ2n) is 16.4. The molecule has 0 aromatic rings. The van der Waals surface area contributed by atoms with Gasteiger partial charge in [-0.25, -0.2) is 0 Å². The third-order valence-electron chi connectivity index (χ3n) is 12.2. The number of carbonyl (C=O) groups excluding carboxylic acids is 2. The minimum Gasteiger partial charge on any atom is -0.391 e. The first-order valence-corrected chi connectivity index (χ1v) is 15.9. The number of aliphatic hydroxyl groups excluding tert-OH is 1. The highest BCUT2D eigenvalue weighted by Gasteiger charge is 2.63. The molecule has 1 fully saturated rings. The lowest BCUT2D eigenvalue weighted by atomic mass is 9.39. The monoisotopic (exact) mass is 566 g/mol. The van der Waals surface area contributed by atoms with Crippen LogP contribution in [-0.4, -0.2) is 22.8 Å². The summed E-state index contributed by atoms with van der Waals surface area (Å²) in [4.78, 5) is 26.1. The first kappa shape index (κ1) is 35.2. The van der Waals surface area contributed by atoms with Gasteiger partial charge in [0, 0.05) is 11.8 Å². The number of rotatable bonds is 13. The largest absolute Gasteiger partial charge is 0.391 e. The molecule has 2 rings (SSSR count). The van der Waals surface area contributed by atoms with Crippen molar-refractivity contribution in [1.29, 1.82) is 10.5 Å². The maximum Gasteiger partial charge on any atom is 0.178 e. The number of aliphatic hydroxyl groups is 1. The number of hydrogen-bond donors (Lipinski definition) is 1. The molecule has 0 aliphatic heterocycles. The van der Waals surface area contributed by atoms with E-state index < -0.39 is 22.3 Å². The Morgan fingerprint density at radius 3 is 2.15 bits per heavy atom. The molecule has 2 aliphatic carbocycles. The van der Waals surface area contributed by atoms with E-state index in [1.807, 2.05) is 19.9 Å². The highest BCUT2D eigenvalue weighted by Crippen LogP contribution is 2.68. The number of allylic oxidation sites excluding steroid dienone is 2. The zero-order valence-electron chi connectivity index (χ0n) is 28.0. The van der Waals surface area contributed by atoms with Gasteiger partial charge in [-0.1, -0.05) is 81.7 Å². The predicted molar refractivity (Wildman–Crippen MR) is 165 cm³/mol. The normalized spacial score (nSPS) is 30.3. The van der Waals surface area contributed by atoms with Gasteiger partial charge in [0.2, 0.25) is 0 Å². The van der Waals surface area contributed by atoms with Crippen LogP contribution >= 0.6 is 0 Å². The third kappa shape index (κ3) is 6.82. The minimum atomic E-state index is -0.693. The van der Waals surface area contributed by atoms with E-state index in [1.54, 1.807) is 6.92 Å². The molecule has 1 unspecified atom stereocenters. The fourth-order valence-electron chi connectivity index (χ4n) is 8.81. The molecular formula is C36H58N2O3. The van der Waals surface area contributed by atoms with Crippen molar-refractivity contribution in [2.45, 2.75) is 146 Å². The van der Waals surface area contributed by atoms with Crippen LogP contribution in [0.3, 0.4) is 0 Å². The summed E-state index contributed by atoms with van der Waals surface area (Å²) in [5.41, 5.74) is -1.55. The first-order chi connectivity index (χ1) is 18.7. The highest BCUT2D eigenvalue weighted by molar-refractivity contribution is 6.04. The number of nitrogens with zero attached hydrogens (tertiary/aromatic N) is 2. The van der Waals surface area contributed by atoms with Crippen LogP contribution in [-0.2, 0) is 9.59 Å². The summed E-state index contributed by atoms with van der Waals surface area (Å²) < 4.78 is 0. The maximum atomic E-state index is 13.3. The summed E-state index contributed by atoms with van der Waals surface area (Å²) in [6.45, 7) is 23.7. The van der Waals surface area contributed by atoms with E-state index in [0.717, 1.165) is 51.4 Å². The van der Waals surface area contributed by atoms with Crippen molar-refractivity contribution >= 4 is 11.6 Å². The van der Waals surface area contributed by atoms with Crippen LogP contribution in [0, 0.1) is 67.0 Å². The Balaban J connectivity index is 2.52. The van der Waals surface area contributed by atoms with E-state index in [-0.39, 0.29) is 51.6 Å². The van der Waals surface area contributed by atoms with Crippen LogP contribution in [0.2, 0.25) is 0 Å². The van der Waals surface area contributed by atoms with E-state index in [9.17, 15) is 25.2 Å². The second-order valence-corrected chi connectivity index (χ2v) is 16.4. The third-order valence-corrected chi connectivity index (χ3v) is 12.2. The Kier molecular flexibility index (Phi) is 10.6. The fourth-order valence-corrected chi connectivity index (χ4v) is 8.81. The second kappa shape index (κ2) is 12.3. The van der Waals surface area contributed by atoms with Crippen molar-refractivity contribution in [2.24, 2.45) is 44.3 Å². The number of Topliss-reactive ketones (excluding diaryl/α,β-unsaturated/α-hetero) is 2. The highest BCUT2D eigenvalue weighted by atomic mass is 16.3. The van der Waals surface area contributed by atoms with Gasteiger partial charge in [-0.2, -0.15) is 10.5 Å². The number of ketones is 2. The van der Waals surface area contributed by atoms with Crippen molar-refractivity contribution in [1.82, 2.24) is 0 Å². The van der Waals surface area contributed by atoms with Crippen LogP contribution in [0.4, 0.5) is 0 Å². The molecule has 1 N–H and O–H groups in total.